The number of H-pyrrole nitrogens is 1. The fourth-order valence-corrected chi connectivity index (χ4v) is 4.43. The fourth-order valence-electron chi connectivity index (χ4n) is 4.31. The maximum absolute atomic E-state index is 13.2. The molecule has 0 radical (unpaired) electrons. The van der Waals surface area contributed by atoms with Crippen molar-refractivity contribution in [2.45, 2.75) is 33.2 Å². The van der Waals surface area contributed by atoms with E-state index >= 15 is 0 Å². The third kappa shape index (κ3) is 4.88. The van der Waals surface area contributed by atoms with Gasteiger partial charge in [-0.1, -0.05) is 23.7 Å². The Morgan fingerprint density at radius 3 is 2.44 bits per heavy atom. The summed E-state index contributed by atoms with van der Waals surface area (Å²) in [5.74, 6) is -2.31. The van der Waals surface area contributed by atoms with Gasteiger partial charge in [0, 0.05) is 22.8 Å². The molecule has 0 unspecified atom stereocenters. The summed E-state index contributed by atoms with van der Waals surface area (Å²) in [7, 11) is 3.87. The van der Waals surface area contributed by atoms with Crippen LogP contribution in [-0.4, -0.2) is 71.3 Å². The van der Waals surface area contributed by atoms with Crippen molar-refractivity contribution in [3.8, 4) is 0 Å². The fraction of sp³-hybridized carbons (Fsp3) is 0.400. The smallest absolute Gasteiger partial charge is 0.355 e. The number of halogens is 1. The first-order valence-corrected chi connectivity index (χ1v) is 11.5. The van der Waals surface area contributed by atoms with Crippen LogP contribution >= 0.6 is 11.6 Å². The van der Waals surface area contributed by atoms with E-state index in [4.69, 9.17) is 16.3 Å². The summed E-state index contributed by atoms with van der Waals surface area (Å²) in [6.45, 7) is 6.33. The Balaban J connectivity index is 2.15. The van der Waals surface area contributed by atoms with Crippen molar-refractivity contribution < 1.29 is 24.2 Å². The highest BCUT2D eigenvalue weighted by molar-refractivity contribution is 6.46. The number of aromatic amines is 1. The maximum atomic E-state index is 13.2. The Labute approximate surface area is 204 Å². The number of rotatable bonds is 8. The molecule has 2 N–H and O–H groups in total. The SMILES string of the molecule is CCOC(=O)c1[nH]c(C)c(/C(O)=C2\C(=O)C(=O)N(CCCN(C)C)[C@@H]2c2ccc(Cl)cc2)c1C. The second kappa shape index (κ2) is 10.4. The zero-order valence-corrected chi connectivity index (χ0v) is 20.8. The lowest BCUT2D eigenvalue weighted by Crippen LogP contribution is -2.32. The molecule has 1 atom stereocenters. The van der Waals surface area contributed by atoms with Gasteiger partial charge in [-0.25, -0.2) is 4.79 Å². The number of ether oxygens (including phenoxy) is 1. The standard InChI is InChI=1S/C25H30ClN3O5/c1-6-34-25(33)20-14(2)18(15(3)27-20)22(30)19-21(16-8-10-17(26)11-9-16)29(24(32)23(19)31)13-7-12-28(4)5/h8-11,21,27,30H,6-7,12-13H2,1-5H3/b22-19+/t21-/m1/s1. The Hall–Kier alpha value is -3.10. The molecule has 1 aliphatic heterocycles. The quantitative estimate of drug-likeness (QED) is 0.254. The average molecular weight is 488 g/mol. The number of aliphatic hydroxyl groups excluding tert-OH is 1. The molecule has 1 saturated heterocycles. The van der Waals surface area contributed by atoms with Gasteiger partial charge in [0.25, 0.3) is 11.7 Å². The third-order valence-corrected chi connectivity index (χ3v) is 6.14. The van der Waals surface area contributed by atoms with Crippen LogP contribution in [0.3, 0.4) is 0 Å². The number of likely N-dealkylation sites (tertiary alicyclic amines) is 1. The number of aryl methyl sites for hydroxylation is 1. The number of esters is 1. The lowest BCUT2D eigenvalue weighted by Gasteiger charge is -2.26. The van der Waals surface area contributed by atoms with Gasteiger partial charge in [0.2, 0.25) is 0 Å². The minimum Gasteiger partial charge on any atom is -0.507 e. The Kier molecular flexibility index (Phi) is 7.84. The molecule has 0 bridgehead atoms. The molecule has 2 aromatic rings. The summed E-state index contributed by atoms with van der Waals surface area (Å²) < 4.78 is 5.09. The van der Waals surface area contributed by atoms with E-state index < -0.39 is 23.7 Å². The molecule has 1 aliphatic rings. The zero-order valence-electron chi connectivity index (χ0n) is 20.1. The van der Waals surface area contributed by atoms with Crippen LogP contribution in [0.2, 0.25) is 5.02 Å². The first-order chi connectivity index (χ1) is 16.1. The summed E-state index contributed by atoms with van der Waals surface area (Å²) in [5, 5.41) is 11.9. The van der Waals surface area contributed by atoms with Crippen LogP contribution in [0.1, 0.15) is 52.3 Å². The van der Waals surface area contributed by atoms with Crippen molar-refractivity contribution in [1.82, 2.24) is 14.8 Å². The van der Waals surface area contributed by atoms with E-state index in [1.165, 1.54) is 4.90 Å². The van der Waals surface area contributed by atoms with E-state index in [0.29, 0.717) is 40.4 Å². The van der Waals surface area contributed by atoms with Crippen molar-refractivity contribution in [3.63, 3.8) is 0 Å². The molecule has 9 heteroatoms. The molecular formula is C25H30ClN3O5. The van der Waals surface area contributed by atoms with E-state index in [0.717, 1.165) is 6.54 Å². The largest absolute Gasteiger partial charge is 0.507 e. The van der Waals surface area contributed by atoms with Crippen LogP contribution in [-0.2, 0) is 14.3 Å². The van der Waals surface area contributed by atoms with Gasteiger partial charge in [-0.3, -0.25) is 9.59 Å². The molecule has 1 amide bonds. The number of aromatic nitrogens is 1. The van der Waals surface area contributed by atoms with Gasteiger partial charge in [0.1, 0.15) is 11.5 Å². The number of nitrogens with zero attached hydrogens (tertiary/aromatic N) is 2. The van der Waals surface area contributed by atoms with Gasteiger partial charge < -0.3 is 24.6 Å². The van der Waals surface area contributed by atoms with Crippen LogP contribution in [0.25, 0.3) is 5.76 Å². The summed E-state index contributed by atoms with van der Waals surface area (Å²) >= 11 is 6.06. The van der Waals surface area contributed by atoms with E-state index in [1.54, 1.807) is 45.0 Å². The highest BCUT2D eigenvalue weighted by Crippen LogP contribution is 2.41. The first kappa shape index (κ1) is 25.5. The molecule has 8 nitrogen and oxygen atoms in total. The van der Waals surface area contributed by atoms with Crippen molar-refractivity contribution in [1.29, 1.82) is 0 Å². The summed E-state index contributed by atoms with van der Waals surface area (Å²) in [6, 6.07) is 6.07. The van der Waals surface area contributed by atoms with E-state index in [-0.39, 0.29) is 23.6 Å². The molecule has 34 heavy (non-hydrogen) atoms. The Morgan fingerprint density at radius 1 is 1.21 bits per heavy atom. The number of benzene rings is 1. The number of Topliss-reactive ketones (excluding diaryl/α,β-unsaturated/α-hetero) is 1. The first-order valence-electron chi connectivity index (χ1n) is 11.1. The van der Waals surface area contributed by atoms with Crippen molar-refractivity contribution in [2.75, 3.05) is 33.8 Å². The van der Waals surface area contributed by atoms with Crippen LogP contribution in [0, 0.1) is 13.8 Å². The molecule has 0 aliphatic carbocycles. The number of hydrogen-bond donors (Lipinski definition) is 2. The molecule has 1 aromatic carbocycles. The summed E-state index contributed by atoms with van der Waals surface area (Å²) in [5.41, 5.74) is 2.09. The molecule has 0 saturated carbocycles. The van der Waals surface area contributed by atoms with Crippen LogP contribution in [0.15, 0.2) is 29.8 Å². The van der Waals surface area contributed by atoms with Crippen molar-refractivity contribution in [2.24, 2.45) is 0 Å². The van der Waals surface area contributed by atoms with E-state index in [2.05, 4.69) is 4.98 Å². The predicted octanol–water partition coefficient (Wildman–Crippen LogP) is 3.84. The summed E-state index contributed by atoms with van der Waals surface area (Å²) in [6.07, 6.45) is 0.652. The van der Waals surface area contributed by atoms with Crippen LogP contribution in [0.5, 0.6) is 0 Å². The highest BCUT2D eigenvalue weighted by Gasteiger charge is 2.46. The van der Waals surface area contributed by atoms with Gasteiger partial charge in [0.15, 0.2) is 0 Å². The number of aliphatic hydroxyl groups is 1. The van der Waals surface area contributed by atoms with Gasteiger partial charge in [-0.05, 0) is 71.1 Å². The maximum Gasteiger partial charge on any atom is 0.355 e. The molecule has 3 rings (SSSR count). The van der Waals surface area contributed by atoms with Gasteiger partial charge in [0.05, 0.1) is 18.2 Å². The van der Waals surface area contributed by atoms with Crippen molar-refractivity contribution >= 4 is 35.0 Å². The molecule has 182 valence electrons. The zero-order chi connectivity index (χ0) is 25.2. The topological polar surface area (TPSA) is 103 Å². The van der Waals surface area contributed by atoms with Crippen LogP contribution in [0.4, 0.5) is 0 Å². The molecule has 1 aromatic heterocycles. The second-order valence-corrected chi connectivity index (χ2v) is 8.98. The van der Waals surface area contributed by atoms with Crippen molar-refractivity contribution in [3.05, 3.63) is 62.9 Å². The monoisotopic (exact) mass is 487 g/mol. The normalized spacial score (nSPS) is 17.6. The van der Waals surface area contributed by atoms with E-state index in [1.807, 2.05) is 19.0 Å². The van der Waals surface area contributed by atoms with Crippen LogP contribution < -0.4 is 0 Å². The number of ketones is 1. The van der Waals surface area contributed by atoms with Gasteiger partial charge in [-0.15, -0.1) is 0 Å². The van der Waals surface area contributed by atoms with Gasteiger partial charge >= 0.3 is 5.97 Å². The van der Waals surface area contributed by atoms with Gasteiger partial charge in [-0.2, -0.15) is 0 Å². The minimum atomic E-state index is -0.779. The number of hydrogen-bond acceptors (Lipinski definition) is 6. The number of carbonyl (C=O) groups excluding carboxylic acids is 3. The second-order valence-electron chi connectivity index (χ2n) is 8.55. The number of nitrogens with one attached hydrogen (secondary N) is 1. The molecule has 1 fully saturated rings. The Morgan fingerprint density at radius 2 is 1.85 bits per heavy atom. The number of carbonyl (C=O) groups is 3. The molecule has 2 heterocycles. The highest BCUT2D eigenvalue weighted by atomic mass is 35.5. The lowest BCUT2D eigenvalue weighted by molar-refractivity contribution is -0.139. The lowest BCUT2D eigenvalue weighted by atomic mass is 9.94. The minimum absolute atomic E-state index is 0.0159. The number of amides is 1. The molecular weight excluding hydrogens is 458 g/mol. The summed E-state index contributed by atoms with van der Waals surface area (Å²) in [4.78, 5) is 45.0. The predicted molar refractivity (Wildman–Crippen MR) is 130 cm³/mol. The molecule has 0 spiro atoms. The average Bonchev–Trinajstić information content (AvgIpc) is 3.21. The third-order valence-electron chi connectivity index (χ3n) is 5.88. The van der Waals surface area contributed by atoms with E-state index in [9.17, 15) is 19.5 Å². The Bertz CT molecular complexity index is 1130.